The summed E-state index contributed by atoms with van der Waals surface area (Å²) in [5, 5.41) is 3.39. The molecule has 0 saturated carbocycles. The maximum Gasteiger partial charge on any atom is 0.138 e. The van der Waals surface area contributed by atoms with Crippen molar-refractivity contribution < 1.29 is 9.47 Å². The average Bonchev–Trinajstić information content (AvgIpc) is 2.68. The van der Waals surface area contributed by atoms with E-state index in [2.05, 4.69) is 5.32 Å². The lowest BCUT2D eigenvalue weighted by molar-refractivity contribution is 0.415. The van der Waals surface area contributed by atoms with Gasteiger partial charge < -0.3 is 14.8 Å². The van der Waals surface area contributed by atoms with Gasteiger partial charge in [0.2, 0.25) is 0 Å². The second-order valence-electron chi connectivity index (χ2n) is 5.38. The molecule has 0 radical (unpaired) electrons. The van der Waals surface area contributed by atoms with Gasteiger partial charge in [0, 0.05) is 17.3 Å². The smallest absolute Gasteiger partial charge is 0.138 e. The number of benzene rings is 3. The van der Waals surface area contributed by atoms with Gasteiger partial charge in [-0.25, -0.2) is 4.99 Å². The molecule has 26 heavy (non-hydrogen) atoms. The molecule has 0 heterocycles. The minimum absolute atomic E-state index is 0. The third kappa shape index (κ3) is 5.01. The first-order valence-corrected chi connectivity index (χ1v) is 7.98. The predicted octanol–water partition coefficient (Wildman–Crippen LogP) is 5.32. The summed E-state index contributed by atoms with van der Waals surface area (Å²) in [6, 6.07) is 25.4. The Morgan fingerprint density at radius 1 is 0.769 bits per heavy atom. The largest absolute Gasteiger partial charge is 0.497 e. The van der Waals surface area contributed by atoms with Gasteiger partial charge in [-0.3, -0.25) is 0 Å². The number of aliphatic imine (C=N–C) groups is 1. The monoisotopic (exact) mass is 368 g/mol. The van der Waals surface area contributed by atoms with Crippen LogP contribution < -0.4 is 14.8 Å². The lowest BCUT2D eigenvalue weighted by Crippen LogP contribution is -2.13. The number of anilines is 1. The van der Waals surface area contributed by atoms with Gasteiger partial charge in [-0.2, -0.15) is 0 Å². The molecule has 0 aliphatic rings. The van der Waals surface area contributed by atoms with Crippen LogP contribution in [0.1, 0.15) is 5.56 Å². The van der Waals surface area contributed by atoms with Crippen LogP contribution in [0.25, 0.3) is 0 Å². The number of nitrogens with one attached hydrogen (secondary N) is 1. The summed E-state index contributed by atoms with van der Waals surface area (Å²) in [5.41, 5.74) is 2.75. The normalized spacial score (nSPS) is 10.6. The zero-order valence-electron chi connectivity index (χ0n) is 14.7. The molecule has 0 aliphatic carbocycles. The maximum atomic E-state index is 5.29. The fraction of sp³-hybridized carbons (Fsp3) is 0.0952. The van der Waals surface area contributed by atoms with E-state index < -0.39 is 0 Å². The van der Waals surface area contributed by atoms with Crippen molar-refractivity contribution in [2.75, 3.05) is 19.5 Å². The third-order valence-corrected chi connectivity index (χ3v) is 3.69. The van der Waals surface area contributed by atoms with Gasteiger partial charge in [0.25, 0.3) is 0 Å². The minimum atomic E-state index is 0. The number of hydrogen-bond acceptors (Lipinski definition) is 3. The summed E-state index contributed by atoms with van der Waals surface area (Å²) in [6.45, 7) is 0. The zero-order valence-corrected chi connectivity index (χ0v) is 15.5. The van der Waals surface area contributed by atoms with Gasteiger partial charge >= 0.3 is 0 Å². The van der Waals surface area contributed by atoms with E-state index in [9.17, 15) is 0 Å². The quantitative estimate of drug-likeness (QED) is 0.489. The van der Waals surface area contributed by atoms with Gasteiger partial charge in [-0.1, -0.05) is 24.3 Å². The van der Waals surface area contributed by atoms with Crippen LogP contribution in [-0.4, -0.2) is 20.1 Å². The molecule has 3 rings (SSSR count). The number of rotatable bonds is 5. The number of methoxy groups -OCH3 is 2. The van der Waals surface area contributed by atoms with Gasteiger partial charge in [-0.15, -0.1) is 12.4 Å². The van der Waals surface area contributed by atoms with Crippen LogP contribution in [0.4, 0.5) is 11.4 Å². The highest BCUT2D eigenvalue weighted by Gasteiger charge is 2.06. The number of halogens is 1. The minimum Gasteiger partial charge on any atom is -0.497 e. The molecule has 1 N–H and O–H groups in total. The molecule has 134 valence electrons. The van der Waals surface area contributed by atoms with Gasteiger partial charge in [0.15, 0.2) is 0 Å². The van der Waals surface area contributed by atoms with Gasteiger partial charge in [0.1, 0.15) is 17.3 Å². The molecule has 0 fully saturated rings. The molecule has 0 spiro atoms. The van der Waals surface area contributed by atoms with Crippen LogP contribution in [0, 0.1) is 0 Å². The standard InChI is InChI=1S/C21H20N2O2.ClH/c1-24-19-13-11-16(12-14-19)21(22-17-7-4-3-5-8-17)23-18-9-6-10-20(15-18)25-2;/h3-15H,1-2H3,(H,22,23);1H. The lowest BCUT2D eigenvalue weighted by Gasteiger charge is -2.12. The fourth-order valence-electron chi connectivity index (χ4n) is 2.38. The van der Waals surface area contributed by atoms with Crippen LogP contribution in [0.15, 0.2) is 83.9 Å². The Hall–Kier alpha value is -2.98. The van der Waals surface area contributed by atoms with E-state index >= 15 is 0 Å². The summed E-state index contributed by atoms with van der Waals surface area (Å²) in [5.74, 6) is 2.35. The topological polar surface area (TPSA) is 42.8 Å². The van der Waals surface area contributed by atoms with Gasteiger partial charge in [-0.05, 0) is 48.5 Å². The SMILES string of the molecule is COc1ccc(C(=Nc2ccccc2)Nc2cccc(OC)c2)cc1.Cl. The Labute approximate surface area is 159 Å². The Kier molecular flexibility index (Phi) is 7.06. The molecular weight excluding hydrogens is 348 g/mol. The van der Waals surface area contributed by atoms with Crippen molar-refractivity contribution >= 4 is 29.6 Å². The highest BCUT2D eigenvalue weighted by molar-refractivity contribution is 6.09. The fourth-order valence-corrected chi connectivity index (χ4v) is 2.38. The Morgan fingerprint density at radius 2 is 1.46 bits per heavy atom. The summed E-state index contributed by atoms with van der Waals surface area (Å²) in [4.78, 5) is 4.76. The zero-order chi connectivity index (χ0) is 17.5. The van der Waals surface area contributed by atoms with E-state index in [-0.39, 0.29) is 12.4 Å². The summed E-state index contributed by atoms with van der Waals surface area (Å²) in [7, 11) is 3.31. The predicted molar refractivity (Wildman–Crippen MR) is 109 cm³/mol. The molecule has 5 heteroatoms. The van der Waals surface area contributed by atoms with Crippen molar-refractivity contribution in [1.82, 2.24) is 0 Å². The van der Waals surface area contributed by atoms with Crippen LogP contribution in [0.2, 0.25) is 0 Å². The number of para-hydroxylation sites is 1. The molecule has 0 aliphatic heterocycles. The Morgan fingerprint density at radius 3 is 2.12 bits per heavy atom. The van der Waals surface area contributed by atoms with Crippen molar-refractivity contribution in [3.05, 3.63) is 84.4 Å². The number of amidine groups is 1. The molecule has 3 aromatic carbocycles. The van der Waals surface area contributed by atoms with E-state index in [1.807, 2.05) is 78.9 Å². The van der Waals surface area contributed by atoms with Crippen molar-refractivity contribution in [2.24, 2.45) is 4.99 Å². The first-order chi connectivity index (χ1) is 12.3. The molecule has 4 nitrogen and oxygen atoms in total. The van der Waals surface area contributed by atoms with Crippen molar-refractivity contribution in [3.8, 4) is 11.5 Å². The Balaban J connectivity index is 0.00000243. The number of ether oxygens (including phenoxy) is 2. The van der Waals surface area contributed by atoms with Crippen LogP contribution >= 0.6 is 12.4 Å². The van der Waals surface area contributed by atoms with E-state index in [4.69, 9.17) is 14.5 Å². The van der Waals surface area contributed by atoms with Gasteiger partial charge in [0.05, 0.1) is 19.9 Å². The first kappa shape index (κ1) is 19.3. The van der Waals surface area contributed by atoms with E-state index in [1.165, 1.54) is 0 Å². The van der Waals surface area contributed by atoms with Crippen molar-refractivity contribution in [2.45, 2.75) is 0 Å². The van der Waals surface area contributed by atoms with Crippen LogP contribution in [0.5, 0.6) is 11.5 Å². The molecule has 0 aromatic heterocycles. The molecule has 0 atom stereocenters. The first-order valence-electron chi connectivity index (χ1n) is 7.98. The number of hydrogen-bond donors (Lipinski definition) is 1. The number of nitrogens with zero attached hydrogens (tertiary/aromatic N) is 1. The second kappa shape index (κ2) is 9.49. The van der Waals surface area contributed by atoms with Crippen molar-refractivity contribution in [3.63, 3.8) is 0 Å². The molecule has 0 bridgehead atoms. The van der Waals surface area contributed by atoms with E-state index in [1.54, 1.807) is 14.2 Å². The molecular formula is C21H21ClN2O2. The highest BCUT2D eigenvalue weighted by atomic mass is 35.5. The third-order valence-electron chi connectivity index (χ3n) is 3.69. The second-order valence-corrected chi connectivity index (χ2v) is 5.38. The maximum absolute atomic E-state index is 5.29. The lowest BCUT2D eigenvalue weighted by atomic mass is 10.2. The molecule has 0 unspecified atom stereocenters. The molecule has 0 amide bonds. The highest BCUT2D eigenvalue weighted by Crippen LogP contribution is 2.21. The van der Waals surface area contributed by atoms with E-state index in [0.717, 1.165) is 34.3 Å². The van der Waals surface area contributed by atoms with Crippen LogP contribution in [0.3, 0.4) is 0 Å². The summed E-state index contributed by atoms with van der Waals surface area (Å²) < 4.78 is 10.5. The van der Waals surface area contributed by atoms with E-state index in [0.29, 0.717) is 0 Å². The molecule has 3 aromatic rings. The summed E-state index contributed by atoms with van der Waals surface area (Å²) in [6.07, 6.45) is 0. The van der Waals surface area contributed by atoms with Crippen molar-refractivity contribution in [1.29, 1.82) is 0 Å². The Bertz CT molecular complexity index is 849. The average molecular weight is 369 g/mol. The van der Waals surface area contributed by atoms with Crippen LogP contribution in [-0.2, 0) is 0 Å². The molecule has 0 saturated heterocycles. The summed E-state index contributed by atoms with van der Waals surface area (Å²) >= 11 is 0.